The fourth-order valence-electron chi connectivity index (χ4n) is 3.67. The lowest BCUT2D eigenvalue weighted by Gasteiger charge is -2.44. The summed E-state index contributed by atoms with van der Waals surface area (Å²) in [6, 6.07) is 3.07. The molecule has 1 saturated heterocycles. The summed E-state index contributed by atoms with van der Waals surface area (Å²) in [5, 5.41) is 0. The summed E-state index contributed by atoms with van der Waals surface area (Å²) in [7, 11) is 2.72. The van der Waals surface area contributed by atoms with E-state index in [1.165, 1.54) is 38.5 Å². The molecule has 1 fully saturated rings. The highest BCUT2D eigenvalue weighted by Crippen LogP contribution is 2.41. The van der Waals surface area contributed by atoms with E-state index in [4.69, 9.17) is 37.9 Å². The SMILES string of the molecule is COc1cc(/C=C/C(=O)Br)cc(OC)c1O[C@@H]1O[C@H](COC(C)=O)[C@H](OC(C)=O)[C@H](OC(C)=O)[C@H]1OC(C)=O. The van der Waals surface area contributed by atoms with Crippen LogP contribution in [0.15, 0.2) is 18.2 Å². The summed E-state index contributed by atoms with van der Waals surface area (Å²) >= 11 is 2.81. The fourth-order valence-corrected chi connectivity index (χ4v) is 3.81. The predicted molar refractivity (Wildman–Crippen MR) is 135 cm³/mol. The van der Waals surface area contributed by atoms with Crippen molar-refractivity contribution in [2.75, 3.05) is 20.8 Å². The van der Waals surface area contributed by atoms with Crippen LogP contribution < -0.4 is 14.2 Å². The summed E-state index contributed by atoms with van der Waals surface area (Å²) < 4.78 is 43.8. The molecule has 2 rings (SSSR count). The fraction of sp³-hybridized carbons (Fsp3) is 0.480. The molecule has 1 heterocycles. The van der Waals surface area contributed by atoms with Crippen molar-refractivity contribution >= 4 is 50.6 Å². The van der Waals surface area contributed by atoms with Gasteiger partial charge >= 0.3 is 23.9 Å². The molecule has 0 spiro atoms. The average molecular weight is 617 g/mol. The van der Waals surface area contributed by atoms with Crippen LogP contribution in [0.5, 0.6) is 17.2 Å². The molecule has 1 aliphatic rings. The summed E-state index contributed by atoms with van der Waals surface area (Å²) in [4.78, 5) is 58.8. The molecule has 0 unspecified atom stereocenters. The molecule has 13 nitrogen and oxygen atoms in total. The van der Waals surface area contributed by atoms with Gasteiger partial charge in [0.05, 0.1) is 14.2 Å². The Morgan fingerprint density at radius 1 is 0.821 bits per heavy atom. The van der Waals surface area contributed by atoms with Crippen molar-refractivity contribution in [1.82, 2.24) is 0 Å². The number of carbonyl (C=O) groups is 5. The number of rotatable bonds is 11. The van der Waals surface area contributed by atoms with E-state index in [0.29, 0.717) is 5.56 Å². The maximum absolute atomic E-state index is 12.0. The zero-order valence-electron chi connectivity index (χ0n) is 22.1. The molecule has 0 radical (unpaired) electrons. The molecule has 0 bridgehead atoms. The van der Waals surface area contributed by atoms with Gasteiger partial charge in [-0.2, -0.15) is 0 Å². The van der Waals surface area contributed by atoms with Gasteiger partial charge in [0.15, 0.2) is 23.7 Å². The minimum absolute atomic E-state index is 0.00298. The molecule has 0 N–H and O–H groups in total. The molecule has 14 heteroatoms. The third-order valence-corrected chi connectivity index (χ3v) is 5.34. The quantitative estimate of drug-likeness (QED) is 0.154. The first-order valence-corrected chi connectivity index (χ1v) is 12.3. The Kier molecular flexibility index (Phi) is 11.7. The summed E-state index contributed by atoms with van der Waals surface area (Å²) in [5.41, 5.74) is 0.519. The molecule has 1 aromatic carbocycles. The highest BCUT2D eigenvalue weighted by atomic mass is 79.9. The van der Waals surface area contributed by atoms with Crippen LogP contribution in [-0.4, -0.2) is 80.1 Å². The second-order valence-corrected chi connectivity index (χ2v) is 8.86. The Labute approximate surface area is 232 Å². The molecule has 0 amide bonds. The number of benzene rings is 1. The molecule has 1 aromatic rings. The van der Waals surface area contributed by atoms with Crippen molar-refractivity contribution in [3.63, 3.8) is 0 Å². The van der Waals surface area contributed by atoms with E-state index in [0.717, 1.165) is 27.7 Å². The maximum atomic E-state index is 12.0. The molecule has 1 aliphatic heterocycles. The third-order valence-electron chi connectivity index (χ3n) is 5.07. The Morgan fingerprint density at radius 3 is 1.79 bits per heavy atom. The number of esters is 4. The highest BCUT2D eigenvalue weighted by Gasteiger charge is 2.53. The number of methoxy groups -OCH3 is 2. The molecule has 0 aromatic heterocycles. The van der Waals surface area contributed by atoms with Gasteiger partial charge in [0.25, 0.3) is 0 Å². The van der Waals surface area contributed by atoms with E-state index >= 15 is 0 Å². The lowest BCUT2D eigenvalue weighted by Crippen LogP contribution is -2.63. The van der Waals surface area contributed by atoms with Crippen LogP contribution in [0.25, 0.3) is 6.08 Å². The lowest BCUT2D eigenvalue weighted by molar-refractivity contribution is -0.288. The molecule has 0 aliphatic carbocycles. The lowest BCUT2D eigenvalue weighted by atomic mass is 9.98. The first-order valence-electron chi connectivity index (χ1n) is 11.5. The van der Waals surface area contributed by atoms with Crippen molar-refractivity contribution in [3.8, 4) is 17.2 Å². The highest BCUT2D eigenvalue weighted by molar-refractivity contribution is 9.18. The average Bonchev–Trinajstić information content (AvgIpc) is 2.84. The van der Waals surface area contributed by atoms with Gasteiger partial charge in [-0.3, -0.25) is 24.0 Å². The van der Waals surface area contributed by atoms with E-state index in [2.05, 4.69) is 15.9 Å². The number of hydrogen-bond acceptors (Lipinski definition) is 13. The Bertz CT molecular complexity index is 1090. The van der Waals surface area contributed by atoms with Crippen molar-refractivity contribution in [2.24, 2.45) is 0 Å². The monoisotopic (exact) mass is 616 g/mol. The summed E-state index contributed by atoms with van der Waals surface area (Å²) in [6.07, 6.45) is -4.15. The van der Waals surface area contributed by atoms with E-state index in [9.17, 15) is 24.0 Å². The number of allylic oxidation sites excluding steroid dienone is 1. The van der Waals surface area contributed by atoms with Crippen LogP contribution in [-0.2, 0) is 47.7 Å². The summed E-state index contributed by atoms with van der Waals surface area (Å²) in [5.74, 6) is -2.70. The largest absolute Gasteiger partial charge is 0.493 e. The van der Waals surface area contributed by atoms with Crippen LogP contribution in [0.3, 0.4) is 0 Å². The van der Waals surface area contributed by atoms with E-state index in [1.54, 1.807) is 0 Å². The zero-order valence-corrected chi connectivity index (χ0v) is 23.7. The number of ether oxygens (including phenoxy) is 8. The van der Waals surface area contributed by atoms with Crippen molar-refractivity contribution in [2.45, 2.75) is 58.4 Å². The minimum atomic E-state index is -1.50. The Balaban J connectivity index is 2.62. The van der Waals surface area contributed by atoms with Crippen LogP contribution in [0.4, 0.5) is 0 Å². The van der Waals surface area contributed by atoms with Gasteiger partial charge in [-0.1, -0.05) is 6.08 Å². The molecule has 214 valence electrons. The van der Waals surface area contributed by atoms with E-state index < -0.39 is 61.2 Å². The Hall–Kier alpha value is -3.65. The first kappa shape index (κ1) is 31.6. The molecular weight excluding hydrogens is 588 g/mol. The Morgan fingerprint density at radius 2 is 1.33 bits per heavy atom. The smallest absolute Gasteiger partial charge is 0.303 e. The topological polar surface area (TPSA) is 159 Å². The van der Waals surface area contributed by atoms with Crippen LogP contribution in [0.1, 0.15) is 33.3 Å². The third kappa shape index (κ3) is 9.25. The normalized spacial score (nSPS) is 22.4. The second kappa shape index (κ2) is 14.5. The predicted octanol–water partition coefficient (Wildman–Crippen LogP) is 2.10. The standard InChI is InChI=1S/C25H29BrO13/c1-12(27)34-11-19-22(35-13(2)28)23(36-14(3)29)24(37-15(4)30)25(38-19)39-21-17(32-5)9-16(7-8-20(26)31)10-18(21)33-6/h7-10,19,22-25H,11H2,1-6H3/b8-7+/t19-,22+,23+,24-,25+/m1/s1. The first-order chi connectivity index (χ1) is 18.4. The molecular formula is C25H29BrO13. The molecule has 39 heavy (non-hydrogen) atoms. The molecule has 5 atom stereocenters. The van der Waals surface area contributed by atoms with Gasteiger partial charge in [0.1, 0.15) is 12.7 Å². The van der Waals surface area contributed by atoms with Crippen molar-refractivity contribution in [3.05, 3.63) is 23.8 Å². The van der Waals surface area contributed by atoms with Crippen molar-refractivity contribution in [1.29, 1.82) is 0 Å². The van der Waals surface area contributed by atoms with Gasteiger partial charge in [-0.25, -0.2) is 0 Å². The summed E-state index contributed by atoms with van der Waals surface area (Å²) in [6.45, 7) is 4.08. The van der Waals surface area contributed by atoms with Crippen LogP contribution in [0, 0.1) is 0 Å². The maximum Gasteiger partial charge on any atom is 0.303 e. The van der Waals surface area contributed by atoms with Gasteiger partial charge in [0.2, 0.25) is 22.8 Å². The molecule has 0 saturated carbocycles. The van der Waals surface area contributed by atoms with Gasteiger partial charge in [-0.05, 0) is 39.7 Å². The van der Waals surface area contributed by atoms with E-state index in [1.807, 2.05) is 0 Å². The van der Waals surface area contributed by atoms with Gasteiger partial charge in [0, 0.05) is 27.7 Å². The number of halogens is 1. The number of carbonyl (C=O) groups excluding carboxylic acids is 5. The van der Waals surface area contributed by atoms with Crippen LogP contribution >= 0.6 is 15.9 Å². The zero-order chi connectivity index (χ0) is 29.3. The minimum Gasteiger partial charge on any atom is -0.493 e. The van der Waals surface area contributed by atoms with Gasteiger partial charge < -0.3 is 37.9 Å². The second-order valence-electron chi connectivity index (χ2n) is 8.08. The number of hydrogen-bond donors (Lipinski definition) is 0. The van der Waals surface area contributed by atoms with Gasteiger partial charge in [-0.15, -0.1) is 0 Å². The van der Waals surface area contributed by atoms with Crippen molar-refractivity contribution < 1.29 is 61.9 Å². The van der Waals surface area contributed by atoms with Crippen LogP contribution in [0.2, 0.25) is 0 Å². The van der Waals surface area contributed by atoms with E-state index in [-0.39, 0.29) is 21.9 Å².